The number of fused-ring (bicyclic) bond motifs is 1. The van der Waals surface area contributed by atoms with Crippen molar-refractivity contribution in [3.63, 3.8) is 0 Å². The van der Waals surface area contributed by atoms with Gasteiger partial charge in [-0.15, -0.1) is 0 Å². The van der Waals surface area contributed by atoms with Crippen LogP contribution in [0.2, 0.25) is 5.15 Å². The quantitative estimate of drug-likeness (QED) is 0.785. The van der Waals surface area contributed by atoms with Gasteiger partial charge in [-0.3, -0.25) is 0 Å². The van der Waals surface area contributed by atoms with E-state index in [1.807, 2.05) is 14.0 Å². The largest absolute Gasteiger partial charge is 0.359 e. The second kappa shape index (κ2) is 4.87. The number of unbranched alkanes of at least 4 members (excludes halogenated alkanes) is 1. The second-order valence-electron chi connectivity index (χ2n) is 4.10. The van der Waals surface area contributed by atoms with Crippen LogP contribution in [-0.4, -0.2) is 33.2 Å². The van der Waals surface area contributed by atoms with Crippen molar-refractivity contribution in [2.75, 3.05) is 18.5 Å². The van der Waals surface area contributed by atoms with Crippen LogP contribution in [-0.2, 0) is 0 Å². The summed E-state index contributed by atoms with van der Waals surface area (Å²) >= 11 is 6.11. The number of aromatic nitrogens is 4. The van der Waals surface area contributed by atoms with Gasteiger partial charge in [-0.05, 0) is 13.3 Å². The first-order valence-corrected chi connectivity index (χ1v) is 6.10. The number of halogens is 1. The maximum absolute atomic E-state index is 6.11. The van der Waals surface area contributed by atoms with Crippen molar-refractivity contribution in [3.05, 3.63) is 17.0 Å². The van der Waals surface area contributed by atoms with Crippen molar-refractivity contribution in [1.82, 2.24) is 19.6 Å². The van der Waals surface area contributed by atoms with E-state index in [1.54, 1.807) is 4.52 Å². The second-order valence-corrected chi connectivity index (χ2v) is 4.46. The standard InChI is InChI=1S/C11H16ClN5/c1-4-5-6-16(3)10-8(2)9(12)15-11-13-7-14-17(10)11/h7H,4-6H2,1-3H3. The third-order valence-electron chi connectivity index (χ3n) is 2.78. The Morgan fingerprint density at radius 3 is 2.94 bits per heavy atom. The third kappa shape index (κ3) is 2.20. The van der Waals surface area contributed by atoms with Gasteiger partial charge in [-0.1, -0.05) is 24.9 Å². The van der Waals surface area contributed by atoms with Gasteiger partial charge in [0.25, 0.3) is 5.78 Å². The van der Waals surface area contributed by atoms with E-state index in [9.17, 15) is 0 Å². The SMILES string of the molecule is CCCCN(C)c1c(C)c(Cl)nc2ncnn12. The van der Waals surface area contributed by atoms with Gasteiger partial charge in [0.05, 0.1) is 0 Å². The molecule has 5 nitrogen and oxygen atoms in total. The maximum Gasteiger partial charge on any atom is 0.255 e. The Morgan fingerprint density at radius 1 is 1.47 bits per heavy atom. The summed E-state index contributed by atoms with van der Waals surface area (Å²) in [6, 6.07) is 0. The van der Waals surface area contributed by atoms with Crippen LogP contribution in [0.4, 0.5) is 5.82 Å². The molecule has 2 heterocycles. The lowest BCUT2D eigenvalue weighted by molar-refractivity contribution is 0.741. The molecular weight excluding hydrogens is 238 g/mol. The molecule has 0 spiro atoms. The topological polar surface area (TPSA) is 46.3 Å². The molecule has 6 heteroatoms. The minimum absolute atomic E-state index is 0.490. The summed E-state index contributed by atoms with van der Waals surface area (Å²) in [6.45, 7) is 5.09. The van der Waals surface area contributed by atoms with Crippen LogP contribution < -0.4 is 4.90 Å². The summed E-state index contributed by atoms with van der Waals surface area (Å²) in [4.78, 5) is 10.4. The lowest BCUT2D eigenvalue weighted by Gasteiger charge is -2.21. The summed E-state index contributed by atoms with van der Waals surface area (Å²) in [5.41, 5.74) is 0.934. The molecule has 17 heavy (non-hydrogen) atoms. The highest BCUT2D eigenvalue weighted by molar-refractivity contribution is 6.30. The number of hydrogen-bond acceptors (Lipinski definition) is 4. The molecule has 0 unspecified atom stereocenters. The molecule has 0 radical (unpaired) electrons. The zero-order chi connectivity index (χ0) is 12.4. The van der Waals surface area contributed by atoms with Gasteiger partial charge in [-0.25, -0.2) is 0 Å². The Morgan fingerprint density at radius 2 is 2.24 bits per heavy atom. The highest BCUT2D eigenvalue weighted by atomic mass is 35.5. The highest BCUT2D eigenvalue weighted by Crippen LogP contribution is 2.24. The summed E-state index contributed by atoms with van der Waals surface area (Å²) in [5, 5.41) is 4.68. The maximum atomic E-state index is 6.11. The van der Waals surface area contributed by atoms with Crippen molar-refractivity contribution < 1.29 is 0 Å². The normalized spacial score (nSPS) is 11.1. The first kappa shape index (κ1) is 12.1. The Kier molecular flexibility index (Phi) is 3.47. The van der Waals surface area contributed by atoms with E-state index in [0.717, 1.165) is 30.8 Å². The molecule has 0 fully saturated rings. The van der Waals surface area contributed by atoms with Crippen LogP contribution in [0.5, 0.6) is 0 Å². The Balaban J connectivity index is 2.49. The number of anilines is 1. The van der Waals surface area contributed by atoms with Gasteiger partial charge >= 0.3 is 0 Å². The van der Waals surface area contributed by atoms with Crippen molar-refractivity contribution in [3.8, 4) is 0 Å². The van der Waals surface area contributed by atoms with Gasteiger partial charge in [0.2, 0.25) is 0 Å². The summed E-state index contributed by atoms with van der Waals surface area (Å²) in [5.74, 6) is 1.50. The van der Waals surface area contributed by atoms with Crippen molar-refractivity contribution >= 4 is 23.2 Å². The smallest absolute Gasteiger partial charge is 0.255 e. The van der Waals surface area contributed by atoms with Crippen LogP contribution >= 0.6 is 11.6 Å². The average molecular weight is 254 g/mol. The van der Waals surface area contributed by atoms with Gasteiger partial charge in [0, 0.05) is 19.2 Å². The Hall–Kier alpha value is -1.36. The van der Waals surface area contributed by atoms with Gasteiger partial charge in [0.1, 0.15) is 17.3 Å². The summed E-state index contributed by atoms with van der Waals surface area (Å²) in [6.07, 6.45) is 3.78. The van der Waals surface area contributed by atoms with Crippen LogP contribution in [0.3, 0.4) is 0 Å². The predicted molar refractivity (Wildman–Crippen MR) is 68.7 cm³/mol. The zero-order valence-electron chi connectivity index (χ0n) is 10.3. The van der Waals surface area contributed by atoms with Crippen LogP contribution in [0.25, 0.3) is 5.78 Å². The molecule has 0 aliphatic rings. The van der Waals surface area contributed by atoms with E-state index in [2.05, 4.69) is 26.9 Å². The summed E-state index contributed by atoms with van der Waals surface area (Å²) in [7, 11) is 2.04. The first-order chi connectivity index (χ1) is 8.15. The molecule has 2 aromatic heterocycles. The predicted octanol–water partition coefficient (Wildman–Crippen LogP) is 2.32. The van der Waals surface area contributed by atoms with E-state index >= 15 is 0 Å². The van der Waals surface area contributed by atoms with Gasteiger partial charge in [0.15, 0.2) is 0 Å². The van der Waals surface area contributed by atoms with Crippen LogP contribution in [0.15, 0.2) is 6.33 Å². The molecule has 0 amide bonds. The van der Waals surface area contributed by atoms with Crippen molar-refractivity contribution in [2.45, 2.75) is 26.7 Å². The number of hydrogen-bond donors (Lipinski definition) is 0. The molecule has 0 bridgehead atoms. The monoisotopic (exact) mass is 253 g/mol. The fourth-order valence-electron chi connectivity index (χ4n) is 1.83. The van der Waals surface area contributed by atoms with E-state index in [1.165, 1.54) is 6.33 Å². The Labute approximate surface area is 105 Å². The minimum atomic E-state index is 0.490. The molecule has 0 aliphatic carbocycles. The van der Waals surface area contributed by atoms with E-state index in [-0.39, 0.29) is 0 Å². The molecule has 0 aliphatic heterocycles. The fourth-order valence-corrected chi connectivity index (χ4v) is 1.99. The van der Waals surface area contributed by atoms with E-state index in [0.29, 0.717) is 10.9 Å². The molecule has 0 saturated carbocycles. The highest BCUT2D eigenvalue weighted by Gasteiger charge is 2.15. The molecule has 0 aromatic carbocycles. The molecule has 2 aromatic rings. The minimum Gasteiger partial charge on any atom is -0.359 e. The first-order valence-electron chi connectivity index (χ1n) is 5.72. The van der Waals surface area contributed by atoms with Gasteiger partial charge in [-0.2, -0.15) is 19.6 Å². The van der Waals surface area contributed by atoms with E-state index < -0.39 is 0 Å². The fraction of sp³-hybridized carbons (Fsp3) is 0.545. The number of rotatable bonds is 4. The molecule has 0 saturated heterocycles. The van der Waals surface area contributed by atoms with Gasteiger partial charge < -0.3 is 4.90 Å². The average Bonchev–Trinajstić information content (AvgIpc) is 2.74. The Bertz CT molecular complexity index is 522. The summed E-state index contributed by atoms with van der Waals surface area (Å²) < 4.78 is 1.73. The van der Waals surface area contributed by atoms with Crippen molar-refractivity contribution in [1.29, 1.82) is 0 Å². The third-order valence-corrected chi connectivity index (χ3v) is 3.15. The molecule has 2 rings (SSSR count). The van der Waals surface area contributed by atoms with Crippen LogP contribution in [0, 0.1) is 6.92 Å². The molecule has 0 atom stereocenters. The van der Waals surface area contributed by atoms with Crippen molar-refractivity contribution in [2.24, 2.45) is 0 Å². The number of nitrogens with zero attached hydrogens (tertiary/aromatic N) is 5. The molecule has 0 N–H and O–H groups in total. The van der Waals surface area contributed by atoms with E-state index in [4.69, 9.17) is 11.6 Å². The van der Waals surface area contributed by atoms with Crippen LogP contribution in [0.1, 0.15) is 25.3 Å². The molecule has 92 valence electrons. The zero-order valence-corrected chi connectivity index (χ0v) is 11.1. The lowest BCUT2D eigenvalue weighted by Crippen LogP contribution is -2.23. The lowest BCUT2D eigenvalue weighted by atomic mass is 10.3. The molecular formula is C11H16ClN5.